The van der Waals surface area contributed by atoms with Crippen molar-refractivity contribution < 1.29 is 14.7 Å². The number of halogens is 3. The fourth-order valence-corrected chi connectivity index (χ4v) is 6.12. The number of ketones is 1. The van der Waals surface area contributed by atoms with Crippen LogP contribution in [-0.4, -0.2) is 31.2 Å². The normalized spacial score (nSPS) is 17.4. The second-order valence-electron chi connectivity index (χ2n) is 8.43. The number of hydrogen-bond acceptors (Lipinski definition) is 6. The predicted molar refractivity (Wildman–Crippen MR) is 146 cm³/mol. The summed E-state index contributed by atoms with van der Waals surface area (Å²) in [6, 6.07) is 14.4. The average Bonchev–Trinajstić information content (AvgIpc) is 3.51. The van der Waals surface area contributed by atoms with Gasteiger partial charge >= 0.3 is 5.91 Å². The summed E-state index contributed by atoms with van der Waals surface area (Å²) < 4.78 is 2.42. The van der Waals surface area contributed by atoms with Crippen molar-refractivity contribution in [3.8, 4) is 0 Å². The number of carbonyl (C=O) groups excluding carboxylic acids is 2. The quantitative estimate of drug-likeness (QED) is 0.146. The Hall–Kier alpha value is -3.43. The number of rotatable bonds is 3. The van der Waals surface area contributed by atoms with Gasteiger partial charge in [0.25, 0.3) is 5.78 Å². The minimum Gasteiger partial charge on any atom is -0.505 e. The lowest BCUT2D eigenvalue weighted by Crippen LogP contribution is -2.29. The largest absolute Gasteiger partial charge is 0.505 e. The first-order valence-electron chi connectivity index (χ1n) is 11.0. The lowest BCUT2D eigenvalue weighted by Gasteiger charge is -2.23. The molecule has 6 rings (SSSR count). The zero-order valence-electron chi connectivity index (χ0n) is 18.9. The van der Waals surface area contributed by atoms with E-state index in [2.05, 4.69) is 9.97 Å². The lowest BCUT2D eigenvalue weighted by atomic mass is 9.96. The van der Waals surface area contributed by atoms with E-state index in [9.17, 15) is 14.7 Å². The number of aryl methyl sites for hydroxylation is 1. The Morgan fingerprint density at radius 3 is 2.59 bits per heavy atom. The maximum absolute atomic E-state index is 13.5. The van der Waals surface area contributed by atoms with Crippen LogP contribution in [0, 0.1) is 6.92 Å². The van der Waals surface area contributed by atoms with E-state index in [4.69, 9.17) is 34.8 Å². The number of pyridine rings is 1. The van der Waals surface area contributed by atoms with Crippen LogP contribution in [0.3, 0.4) is 0 Å². The van der Waals surface area contributed by atoms with Crippen LogP contribution in [0.1, 0.15) is 23.0 Å². The summed E-state index contributed by atoms with van der Waals surface area (Å²) in [5, 5.41) is 13.0. The number of aliphatic hydroxyl groups is 1. The Labute approximate surface area is 229 Å². The van der Waals surface area contributed by atoms with E-state index >= 15 is 0 Å². The predicted octanol–water partition coefficient (Wildman–Crippen LogP) is 6.84. The summed E-state index contributed by atoms with van der Waals surface area (Å²) in [7, 11) is 0. The second kappa shape index (κ2) is 8.85. The molecule has 5 aromatic rings. The topological polar surface area (TPSA) is 87.8 Å². The third kappa shape index (κ3) is 3.79. The highest BCUT2D eigenvalue weighted by molar-refractivity contribution is 7.22. The van der Waals surface area contributed by atoms with Crippen molar-refractivity contribution >= 4 is 84.6 Å². The molecule has 0 spiro atoms. The van der Waals surface area contributed by atoms with Crippen molar-refractivity contribution in [3.05, 3.63) is 98.4 Å². The van der Waals surface area contributed by atoms with E-state index in [1.807, 2.05) is 6.07 Å². The summed E-state index contributed by atoms with van der Waals surface area (Å²) >= 11 is 19.8. The number of benzene rings is 2. The smallest absolute Gasteiger partial charge is 0.301 e. The molecule has 1 aliphatic heterocycles. The molecule has 11 heteroatoms. The summed E-state index contributed by atoms with van der Waals surface area (Å²) in [5.74, 6) is -2.03. The number of amides is 1. The van der Waals surface area contributed by atoms with E-state index in [1.165, 1.54) is 16.2 Å². The van der Waals surface area contributed by atoms with Crippen molar-refractivity contribution in [1.29, 1.82) is 0 Å². The molecule has 2 aromatic carbocycles. The molecule has 0 aliphatic carbocycles. The molecule has 1 atom stereocenters. The third-order valence-electron chi connectivity index (χ3n) is 6.18. The molecule has 1 unspecified atom stereocenters. The van der Waals surface area contributed by atoms with Crippen LogP contribution in [0.2, 0.25) is 15.1 Å². The van der Waals surface area contributed by atoms with Gasteiger partial charge in [-0.2, -0.15) is 0 Å². The van der Waals surface area contributed by atoms with Gasteiger partial charge in [-0.05, 0) is 55.0 Å². The van der Waals surface area contributed by atoms with Crippen molar-refractivity contribution in [2.75, 3.05) is 4.90 Å². The molecule has 0 saturated carbocycles. The van der Waals surface area contributed by atoms with Gasteiger partial charge in [-0.3, -0.25) is 18.9 Å². The van der Waals surface area contributed by atoms with Crippen LogP contribution < -0.4 is 4.90 Å². The van der Waals surface area contributed by atoms with Crippen LogP contribution in [0.25, 0.3) is 21.6 Å². The van der Waals surface area contributed by atoms with Gasteiger partial charge in [-0.1, -0.05) is 58.3 Å². The number of hydrogen-bond donors (Lipinski definition) is 1. The zero-order valence-corrected chi connectivity index (χ0v) is 22.0. The Bertz CT molecular complexity index is 1810. The highest BCUT2D eigenvalue weighted by Crippen LogP contribution is 2.45. The summed E-state index contributed by atoms with van der Waals surface area (Å²) in [5.41, 5.74) is 2.40. The second-order valence-corrected chi connectivity index (χ2v) is 10.7. The number of anilines is 1. The minimum absolute atomic E-state index is 0.102. The molecule has 184 valence electrons. The SMILES string of the molecule is Cc1nc2ccccn2c1/C(O)=C1\C(=O)C(=O)N(c2nc3ccc(Cl)cc3s2)C1c1ccc(Cl)c(Cl)c1. The molecule has 37 heavy (non-hydrogen) atoms. The molecule has 1 aliphatic rings. The van der Waals surface area contributed by atoms with Gasteiger partial charge in [0, 0.05) is 11.2 Å². The van der Waals surface area contributed by atoms with Crippen LogP contribution in [-0.2, 0) is 9.59 Å². The van der Waals surface area contributed by atoms with E-state index in [-0.39, 0.29) is 21.5 Å². The first-order valence-corrected chi connectivity index (χ1v) is 13.0. The molecule has 7 nitrogen and oxygen atoms in total. The fraction of sp³-hybridized carbons (Fsp3) is 0.0769. The Kier molecular flexibility index (Phi) is 5.72. The number of imidazole rings is 1. The molecular formula is C26H15Cl3N4O3S. The molecule has 0 bridgehead atoms. The van der Waals surface area contributed by atoms with Crippen molar-refractivity contribution in [2.24, 2.45) is 0 Å². The number of aliphatic hydroxyl groups excluding tert-OH is 1. The van der Waals surface area contributed by atoms with Gasteiger partial charge in [-0.15, -0.1) is 0 Å². The number of fused-ring (bicyclic) bond motifs is 2. The van der Waals surface area contributed by atoms with Gasteiger partial charge < -0.3 is 5.11 Å². The van der Waals surface area contributed by atoms with Crippen LogP contribution >= 0.6 is 46.1 Å². The highest BCUT2D eigenvalue weighted by atomic mass is 35.5. The molecule has 0 radical (unpaired) electrons. The van der Waals surface area contributed by atoms with Crippen molar-refractivity contribution in [1.82, 2.24) is 14.4 Å². The molecule has 3 aromatic heterocycles. The minimum atomic E-state index is -1.01. The average molecular weight is 570 g/mol. The van der Waals surface area contributed by atoms with Crippen LogP contribution in [0.4, 0.5) is 5.13 Å². The molecule has 1 fully saturated rings. The summed E-state index contributed by atoms with van der Waals surface area (Å²) in [6.45, 7) is 1.73. The Balaban J connectivity index is 1.62. The molecular weight excluding hydrogens is 555 g/mol. The molecule has 1 saturated heterocycles. The van der Waals surface area contributed by atoms with Gasteiger partial charge in [0.15, 0.2) is 10.9 Å². The monoisotopic (exact) mass is 568 g/mol. The molecule has 1 amide bonds. The van der Waals surface area contributed by atoms with E-state index in [0.717, 1.165) is 4.70 Å². The number of thiazole rings is 1. The van der Waals surface area contributed by atoms with E-state index in [0.29, 0.717) is 38.2 Å². The maximum atomic E-state index is 13.5. The standard InChI is InChI=1S/C26H15Cl3N4O3S/c1-12-21(32-9-3-2-4-19(32)30-12)23(34)20-22(13-5-7-15(28)16(29)10-13)33(25(36)24(20)35)26-31-17-8-6-14(27)11-18(17)37-26/h2-11,22,34H,1H3/b23-20+. The first kappa shape index (κ1) is 23.9. The number of Topliss-reactive ketones (excluding diaryl/α,β-unsaturated/α-hetero) is 1. The van der Waals surface area contributed by atoms with Gasteiger partial charge in [0.2, 0.25) is 0 Å². The van der Waals surface area contributed by atoms with Crippen molar-refractivity contribution in [3.63, 3.8) is 0 Å². The number of carbonyl (C=O) groups is 2. The summed E-state index contributed by atoms with van der Waals surface area (Å²) in [4.78, 5) is 37.4. The first-order chi connectivity index (χ1) is 17.7. The lowest BCUT2D eigenvalue weighted by molar-refractivity contribution is -0.132. The van der Waals surface area contributed by atoms with Crippen LogP contribution in [0.15, 0.2) is 66.4 Å². The maximum Gasteiger partial charge on any atom is 0.301 e. The molecule has 4 heterocycles. The fourth-order valence-electron chi connectivity index (χ4n) is 4.54. The molecule has 1 N–H and O–H groups in total. The number of aromatic nitrogens is 3. The van der Waals surface area contributed by atoms with Crippen LogP contribution in [0.5, 0.6) is 0 Å². The highest BCUT2D eigenvalue weighted by Gasteiger charge is 2.48. The Morgan fingerprint density at radius 1 is 1.00 bits per heavy atom. The van der Waals surface area contributed by atoms with Gasteiger partial charge in [0.1, 0.15) is 11.3 Å². The zero-order chi connectivity index (χ0) is 26.0. The van der Waals surface area contributed by atoms with Crippen molar-refractivity contribution in [2.45, 2.75) is 13.0 Å². The van der Waals surface area contributed by atoms with Gasteiger partial charge in [0.05, 0.1) is 37.6 Å². The van der Waals surface area contributed by atoms with Gasteiger partial charge in [-0.25, -0.2) is 9.97 Å². The van der Waals surface area contributed by atoms with E-state index in [1.54, 1.807) is 66.1 Å². The van der Waals surface area contributed by atoms with E-state index < -0.39 is 17.7 Å². The summed E-state index contributed by atoms with van der Waals surface area (Å²) in [6.07, 6.45) is 1.73. The Morgan fingerprint density at radius 2 is 1.81 bits per heavy atom. The third-order valence-corrected chi connectivity index (χ3v) is 8.17. The number of nitrogens with zero attached hydrogens (tertiary/aromatic N) is 4.